The summed E-state index contributed by atoms with van der Waals surface area (Å²) in [5.74, 6) is 1.52. The minimum atomic E-state index is 0.0934. The van der Waals surface area contributed by atoms with Crippen LogP contribution in [-0.4, -0.2) is 67.2 Å². The molecule has 2 heterocycles. The van der Waals surface area contributed by atoms with E-state index < -0.39 is 0 Å². The lowest BCUT2D eigenvalue weighted by atomic mass is 9.95. The van der Waals surface area contributed by atoms with Crippen molar-refractivity contribution in [3.8, 4) is 5.75 Å². The largest absolute Gasteiger partial charge is 0.484 e. The topological polar surface area (TPSA) is 42.0 Å². The van der Waals surface area contributed by atoms with Gasteiger partial charge in [0, 0.05) is 32.7 Å². The summed E-state index contributed by atoms with van der Waals surface area (Å²) in [6.07, 6.45) is 2.80. The molecular weight excluding hydrogens is 316 g/mol. The van der Waals surface area contributed by atoms with Gasteiger partial charge in [-0.15, -0.1) is 0 Å². The zero-order valence-electron chi connectivity index (χ0n) is 15.4. The Labute approximate surface area is 150 Å². The van der Waals surface area contributed by atoms with Gasteiger partial charge in [0.05, 0.1) is 12.2 Å². The highest BCUT2D eigenvalue weighted by molar-refractivity contribution is 5.77. The molecule has 1 amide bonds. The number of carbonyl (C=O) groups excluding carboxylic acids is 1. The van der Waals surface area contributed by atoms with Crippen LogP contribution < -0.4 is 4.74 Å². The summed E-state index contributed by atoms with van der Waals surface area (Å²) in [5.41, 5.74) is 0. The van der Waals surface area contributed by atoms with Crippen molar-refractivity contribution >= 4 is 5.91 Å². The molecular formula is C20H30N2O3. The maximum absolute atomic E-state index is 12.3. The molecule has 25 heavy (non-hydrogen) atoms. The van der Waals surface area contributed by atoms with E-state index in [2.05, 4.69) is 18.7 Å². The van der Waals surface area contributed by atoms with Crippen molar-refractivity contribution in [2.45, 2.75) is 38.9 Å². The van der Waals surface area contributed by atoms with E-state index in [9.17, 15) is 4.79 Å². The third kappa shape index (κ3) is 5.44. The number of ether oxygens (including phenoxy) is 2. The van der Waals surface area contributed by atoms with Gasteiger partial charge >= 0.3 is 0 Å². The Hall–Kier alpha value is -1.59. The van der Waals surface area contributed by atoms with Crippen LogP contribution in [0.15, 0.2) is 30.3 Å². The zero-order valence-corrected chi connectivity index (χ0v) is 15.4. The van der Waals surface area contributed by atoms with Crippen molar-refractivity contribution in [1.29, 1.82) is 0 Å². The first-order valence-corrected chi connectivity index (χ1v) is 9.43. The van der Waals surface area contributed by atoms with Crippen LogP contribution in [0.3, 0.4) is 0 Å². The lowest BCUT2D eigenvalue weighted by molar-refractivity contribution is -0.135. The van der Waals surface area contributed by atoms with E-state index in [1.807, 2.05) is 35.2 Å². The molecule has 0 N–H and O–H groups in total. The Morgan fingerprint density at radius 3 is 2.40 bits per heavy atom. The Balaban J connectivity index is 1.38. The maximum Gasteiger partial charge on any atom is 0.260 e. The first-order valence-electron chi connectivity index (χ1n) is 9.43. The second kappa shape index (κ2) is 8.68. The summed E-state index contributed by atoms with van der Waals surface area (Å²) in [6.45, 7) is 9.29. The van der Waals surface area contributed by atoms with Crippen molar-refractivity contribution < 1.29 is 14.3 Å². The first-order chi connectivity index (χ1) is 12.1. The molecule has 2 fully saturated rings. The number of benzene rings is 1. The van der Waals surface area contributed by atoms with Crippen LogP contribution >= 0.6 is 0 Å². The molecule has 0 unspecified atom stereocenters. The molecule has 3 rings (SSSR count). The highest BCUT2D eigenvalue weighted by Gasteiger charge is 2.28. The molecule has 0 spiro atoms. The third-order valence-electron chi connectivity index (χ3n) is 5.08. The van der Waals surface area contributed by atoms with Gasteiger partial charge in [-0.25, -0.2) is 0 Å². The van der Waals surface area contributed by atoms with Crippen LogP contribution in [0.5, 0.6) is 5.75 Å². The Morgan fingerprint density at radius 2 is 1.76 bits per heavy atom. The monoisotopic (exact) mass is 346 g/mol. The molecule has 0 bridgehead atoms. The first kappa shape index (κ1) is 18.2. The molecule has 2 saturated heterocycles. The highest BCUT2D eigenvalue weighted by Crippen LogP contribution is 2.21. The zero-order chi connectivity index (χ0) is 17.6. The number of nitrogens with zero attached hydrogens (tertiary/aromatic N) is 2. The van der Waals surface area contributed by atoms with Crippen molar-refractivity contribution in [3.05, 3.63) is 30.3 Å². The Kier molecular flexibility index (Phi) is 6.32. The van der Waals surface area contributed by atoms with Gasteiger partial charge in [0.15, 0.2) is 6.61 Å². The number of piperidine rings is 1. The van der Waals surface area contributed by atoms with Gasteiger partial charge in [-0.05, 0) is 44.7 Å². The number of carbonyl (C=O) groups is 1. The fourth-order valence-electron chi connectivity index (χ4n) is 3.92. The highest BCUT2D eigenvalue weighted by atomic mass is 16.5. The van der Waals surface area contributed by atoms with Gasteiger partial charge in [-0.1, -0.05) is 18.2 Å². The average molecular weight is 346 g/mol. The van der Waals surface area contributed by atoms with Crippen LogP contribution in [0.4, 0.5) is 0 Å². The summed E-state index contributed by atoms with van der Waals surface area (Å²) in [6, 6.07) is 9.53. The second-order valence-electron chi connectivity index (χ2n) is 7.40. The van der Waals surface area contributed by atoms with E-state index in [-0.39, 0.29) is 12.5 Å². The van der Waals surface area contributed by atoms with Crippen molar-refractivity contribution in [3.63, 3.8) is 0 Å². The van der Waals surface area contributed by atoms with Crippen LogP contribution in [0.2, 0.25) is 0 Å². The number of likely N-dealkylation sites (tertiary alicyclic amines) is 1. The molecule has 2 aliphatic rings. The van der Waals surface area contributed by atoms with Gasteiger partial charge in [0.1, 0.15) is 5.75 Å². The molecule has 1 aromatic rings. The normalized spacial score (nSPS) is 25.8. The van der Waals surface area contributed by atoms with Crippen LogP contribution in [0.25, 0.3) is 0 Å². The molecule has 1 aromatic carbocycles. The molecule has 5 nitrogen and oxygen atoms in total. The SMILES string of the molecule is C[C@@H]1CN(CC2CCN(C(=O)COc3ccccc3)CC2)C[C@H](C)O1. The van der Waals surface area contributed by atoms with Gasteiger partial charge < -0.3 is 14.4 Å². The van der Waals surface area contributed by atoms with E-state index in [1.165, 1.54) is 0 Å². The van der Waals surface area contributed by atoms with Gasteiger partial charge in [-0.3, -0.25) is 9.69 Å². The van der Waals surface area contributed by atoms with E-state index in [0.29, 0.717) is 18.1 Å². The van der Waals surface area contributed by atoms with Gasteiger partial charge in [0.25, 0.3) is 5.91 Å². The number of amides is 1. The van der Waals surface area contributed by atoms with Crippen LogP contribution in [-0.2, 0) is 9.53 Å². The lowest BCUT2D eigenvalue weighted by Crippen LogP contribution is -2.49. The lowest BCUT2D eigenvalue weighted by Gasteiger charge is -2.39. The minimum absolute atomic E-state index is 0.0934. The van der Waals surface area contributed by atoms with Gasteiger partial charge in [0.2, 0.25) is 0 Å². The molecule has 0 aromatic heterocycles. The number of para-hydroxylation sites is 1. The second-order valence-corrected chi connectivity index (χ2v) is 7.40. The smallest absolute Gasteiger partial charge is 0.260 e. The predicted molar refractivity (Wildman–Crippen MR) is 97.7 cm³/mol. The number of morpholine rings is 1. The van der Waals surface area contributed by atoms with Gasteiger partial charge in [-0.2, -0.15) is 0 Å². The summed E-state index contributed by atoms with van der Waals surface area (Å²) in [7, 11) is 0. The molecule has 2 atom stereocenters. The summed E-state index contributed by atoms with van der Waals surface area (Å²) in [4.78, 5) is 16.8. The quantitative estimate of drug-likeness (QED) is 0.821. The number of hydrogen-bond acceptors (Lipinski definition) is 4. The Morgan fingerprint density at radius 1 is 1.12 bits per heavy atom. The molecule has 2 aliphatic heterocycles. The minimum Gasteiger partial charge on any atom is -0.484 e. The molecule has 0 saturated carbocycles. The van der Waals surface area contributed by atoms with E-state index in [0.717, 1.165) is 51.3 Å². The third-order valence-corrected chi connectivity index (χ3v) is 5.08. The van der Waals surface area contributed by atoms with Crippen molar-refractivity contribution in [2.75, 3.05) is 39.3 Å². The number of rotatable bonds is 5. The summed E-state index contributed by atoms with van der Waals surface area (Å²) < 4.78 is 11.4. The number of hydrogen-bond donors (Lipinski definition) is 0. The Bertz CT molecular complexity index is 533. The molecule has 0 aliphatic carbocycles. The predicted octanol–water partition coefficient (Wildman–Crippen LogP) is 2.41. The fraction of sp³-hybridized carbons (Fsp3) is 0.650. The molecule has 5 heteroatoms. The van der Waals surface area contributed by atoms with Crippen molar-refractivity contribution in [2.24, 2.45) is 5.92 Å². The maximum atomic E-state index is 12.3. The fourth-order valence-corrected chi connectivity index (χ4v) is 3.92. The van der Waals surface area contributed by atoms with E-state index in [4.69, 9.17) is 9.47 Å². The van der Waals surface area contributed by atoms with E-state index in [1.54, 1.807) is 0 Å². The van der Waals surface area contributed by atoms with Crippen molar-refractivity contribution in [1.82, 2.24) is 9.80 Å². The van der Waals surface area contributed by atoms with Crippen LogP contribution in [0, 0.1) is 5.92 Å². The average Bonchev–Trinajstić information content (AvgIpc) is 2.60. The standard InChI is InChI=1S/C20H30N2O3/c1-16-12-21(13-17(2)25-16)14-18-8-10-22(11-9-18)20(23)15-24-19-6-4-3-5-7-19/h3-7,16-18H,8-15H2,1-2H3/t16-,17+. The van der Waals surface area contributed by atoms with Crippen LogP contribution in [0.1, 0.15) is 26.7 Å². The van der Waals surface area contributed by atoms with E-state index >= 15 is 0 Å². The molecule has 0 radical (unpaired) electrons. The molecule has 138 valence electrons. The summed E-state index contributed by atoms with van der Waals surface area (Å²) in [5, 5.41) is 0. The summed E-state index contributed by atoms with van der Waals surface area (Å²) >= 11 is 0.